The Balaban J connectivity index is 1.39. The average Bonchev–Trinajstić information content (AvgIpc) is 3.48. The van der Waals surface area contributed by atoms with Crippen molar-refractivity contribution >= 4 is 63.7 Å². The van der Waals surface area contributed by atoms with E-state index in [2.05, 4.69) is 25.8 Å². The van der Waals surface area contributed by atoms with Crippen molar-refractivity contribution in [1.82, 2.24) is 25.5 Å². The number of hydrogen-bond acceptors (Lipinski definition) is 9. The van der Waals surface area contributed by atoms with Gasteiger partial charge in [-0.3, -0.25) is 14.9 Å². The van der Waals surface area contributed by atoms with Gasteiger partial charge in [0.05, 0.1) is 26.1 Å². The van der Waals surface area contributed by atoms with Gasteiger partial charge in [-0.2, -0.15) is 4.68 Å². The maximum absolute atomic E-state index is 12.4. The number of thioether (sulfide) groups is 1. The Kier molecular flexibility index (Phi) is 6.80. The number of benzene rings is 3. The summed E-state index contributed by atoms with van der Waals surface area (Å²) in [6.07, 6.45) is 1.58. The van der Waals surface area contributed by atoms with Crippen LogP contribution in [-0.4, -0.2) is 36.2 Å². The Morgan fingerprint density at radius 1 is 1.11 bits per heavy atom. The van der Waals surface area contributed by atoms with E-state index in [1.165, 1.54) is 10.7 Å². The number of amides is 1. The standard InChI is InChI=1S/C23H14ClN7O3S2/c24-15-7-9-16(10-8-15)25-22-26-21(32)20(35-22)13-14-6-11-19(18(12-14)31(33)34)36-23-27-28-29-30(23)17-4-2-1-3-5-17/h1-13H,(H,25,26,32)/b20-13-. The fourth-order valence-corrected chi connectivity index (χ4v) is 5.03. The number of carbonyl (C=O) groups excluding carboxylic acids is 1. The number of tetrazole rings is 1. The van der Waals surface area contributed by atoms with Crippen LogP contribution in [0.4, 0.5) is 11.4 Å². The van der Waals surface area contributed by atoms with Gasteiger partial charge in [-0.1, -0.05) is 35.9 Å². The van der Waals surface area contributed by atoms with Crippen LogP contribution in [0.2, 0.25) is 5.02 Å². The number of nitrogens with one attached hydrogen (secondary N) is 1. The number of halogens is 1. The molecule has 1 aliphatic rings. The van der Waals surface area contributed by atoms with Gasteiger partial charge in [0.1, 0.15) is 0 Å². The number of aliphatic imine (C=N–C) groups is 1. The van der Waals surface area contributed by atoms with E-state index in [1.807, 2.05) is 30.3 Å². The molecule has 0 spiro atoms. The van der Waals surface area contributed by atoms with Gasteiger partial charge in [0.25, 0.3) is 11.6 Å². The molecule has 36 heavy (non-hydrogen) atoms. The quantitative estimate of drug-likeness (QED) is 0.201. The van der Waals surface area contributed by atoms with E-state index in [-0.39, 0.29) is 11.6 Å². The Bertz CT molecular complexity index is 1520. The predicted octanol–water partition coefficient (Wildman–Crippen LogP) is 5.27. The number of para-hydroxylation sites is 1. The topological polar surface area (TPSA) is 128 Å². The summed E-state index contributed by atoms with van der Waals surface area (Å²) >= 11 is 8.12. The molecule has 1 fully saturated rings. The van der Waals surface area contributed by atoms with Crippen molar-refractivity contribution in [2.24, 2.45) is 4.99 Å². The molecule has 1 amide bonds. The largest absolute Gasteiger partial charge is 0.300 e. The highest BCUT2D eigenvalue weighted by Gasteiger charge is 2.25. The summed E-state index contributed by atoms with van der Waals surface area (Å²) in [6.45, 7) is 0. The zero-order valence-electron chi connectivity index (χ0n) is 18.1. The van der Waals surface area contributed by atoms with E-state index in [0.29, 0.717) is 36.4 Å². The average molecular weight is 536 g/mol. The molecule has 2 heterocycles. The minimum absolute atomic E-state index is 0.129. The summed E-state index contributed by atoms with van der Waals surface area (Å²) in [5.74, 6) is -0.337. The second-order valence-electron chi connectivity index (χ2n) is 7.25. The molecule has 1 aromatic heterocycles. The summed E-state index contributed by atoms with van der Waals surface area (Å²) in [7, 11) is 0. The number of nitro groups is 1. The molecule has 0 aliphatic carbocycles. The van der Waals surface area contributed by atoms with Crippen LogP contribution in [0.3, 0.4) is 0 Å². The number of aromatic nitrogens is 4. The molecule has 3 aromatic carbocycles. The molecule has 4 aromatic rings. The normalized spacial score (nSPS) is 15.4. The van der Waals surface area contributed by atoms with E-state index < -0.39 is 4.92 Å². The van der Waals surface area contributed by atoms with E-state index in [1.54, 1.807) is 42.5 Å². The van der Waals surface area contributed by atoms with Crippen LogP contribution in [0.1, 0.15) is 5.56 Å². The summed E-state index contributed by atoms with van der Waals surface area (Å²) in [6, 6.07) is 20.8. The molecular weight excluding hydrogens is 522 g/mol. The lowest BCUT2D eigenvalue weighted by Crippen LogP contribution is -2.19. The van der Waals surface area contributed by atoms with E-state index >= 15 is 0 Å². The number of amidine groups is 1. The molecule has 1 saturated heterocycles. The molecule has 13 heteroatoms. The van der Waals surface area contributed by atoms with Crippen molar-refractivity contribution in [2.75, 3.05) is 0 Å². The smallest absolute Gasteiger partial charge is 0.283 e. The van der Waals surface area contributed by atoms with Crippen LogP contribution in [-0.2, 0) is 4.79 Å². The molecule has 0 atom stereocenters. The predicted molar refractivity (Wildman–Crippen MR) is 139 cm³/mol. The zero-order valence-corrected chi connectivity index (χ0v) is 20.5. The first-order chi connectivity index (χ1) is 17.5. The highest BCUT2D eigenvalue weighted by atomic mass is 35.5. The second kappa shape index (κ2) is 10.3. The highest BCUT2D eigenvalue weighted by molar-refractivity contribution is 8.18. The van der Waals surface area contributed by atoms with E-state index in [9.17, 15) is 14.9 Å². The Morgan fingerprint density at radius 3 is 2.64 bits per heavy atom. The van der Waals surface area contributed by atoms with Gasteiger partial charge in [-0.25, -0.2) is 4.99 Å². The minimum Gasteiger partial charge on any atom is -0.300 e. The number of nitro benzene ring substituents is 1. The lowest BCUT2D eigenvalue weighted by atomic mass is 10.2. The summed E-state index contributed by atoms with van der Waals surface area (Å²) < 4.78 is 1.51. The number of carbonyl (C=O) groups is 1. The third kappa shape index (κ3) is 5.30. The van der Waals surface area contributed by atoms with Crippen molar-refractivity contribution in [3.63, 3.8) is 0 Å². The van der Waals surface area contributed by atoms with Crippen LogP contribution in [0.5, 0.6) is 0 Å². The molecule has 0 bridgehead atoms. The molecule has 0 radical (unpaired) electrons. The number of nitrogens with zero attached hydrogens (tertiary/aromatic N) is 6. The Morgan fingerprint density at radius 2 is 1.89 bits per heavy atom. The Labute approximate surface area is 217 Å². The van der Waals surface area contributed by atoms with Gasteiger partial charge >= 0.3 is 0 Å². The SMILES string of the molecule is O=C1NC(=Nc2ccc(Cl)cc2)S/C1=C\c1ccc(Sc2nnnn2-c2ccccc2)c([N+](=O)[O-])c1. The monoisotopic (exact) mass is 535 g/mol. The third-order valence-corrected chi connectivity index (χ3v) is 6.99. The van der Waals surface area contributed by atoms with Crippen LogP contribution >= 0.6 is 35.1 Å². The molecular formula is C23H14ClN7O3S2. The van der Waals surface area contributed by atoms with Gasteiger partial charge in [-0.05, 0) is 88.1 Å². The molecule has 0 unspecified atom stereocenters. The van der Waals surface area contributed by atoms with Crippen molar-refractivity contribution in [1.29, 1.82) is 0 Å². The first-order valence-corrected chi connectivity index (χ1v) is 12.3. The van der Waals surface area contributed by atoms with E-state index in [4.69, 9.17) is 11.6 Å². The molecule has 1 N–H and O–H groups in total. The summed E-state index contributed by atoms with van der Waals surface area (Å²) in [5.41, 5.74) is 1.74. The molecule has 178 valence electrons. The van der Waals surface area contributed by atoms with Crippen LogP contribution in [0.25, 0.3) is 11.8 Å². The van der Waals surface area contributed by atoms with Crippen LogP contribution in [0, 0.1) is 10.1 Å². The van der Waals surface area contributed by atoms with Crippen molar-refractivity contribution < 1.29 is 9.72 Å². The lowest BCUT2D eigenvalue weighted by Gasteiger charge is -2.05. The zero-order chi connectivity index (χ0) is 25.1. The molecule has 1 aliphatic heterocycles. The minimum atomic E-state index is -0.476. The molecule has 0 saturated carbocycles. The van der Waals surface area contributed by atoms with Gasteiger partial charge in [-0.15, -0.1) is 5.10 Å². The lowest BCUT2D eigenvalue weighted by molar-refractivity contribution is -0.387. The fraction of sp³-hybridized carbons (Fsp3) is 0. The summed E-state index contributed by atoms with van der Waals surface area (Å²) in [5, 5.41) is 27.6. The van der Waals surface area contributed by atoms with Crippen LogP contribution in [0.15, 0.2) is 92.7 Å². The molecule has 5 rings (SSSR count). The van der Waals surface area contributed by atoms with E-state index in [0.717, 1.165) is 29.2 Å². The fourth-order valence-electron chi connectivity index (χ4n) is 3.19. The van der Waals surface area contributed by atoms with Gasteiger partial charge in [0.2, 0.25) is 5.16 Å². The molecule has 10 nitrogen and oxygen atoms in total. The van der Waals surface area contributed by atoms with Gasteiger partial charge < -0.3 is 5.32 Å². The maximum atomic E-state index is 12.4. The number of rotatable bonds is 6. The summed E-state index contributed by atoms with van der Waals surface area (Å²) in [4.78, 5) is 28.9. The van der Waals surface area contributed by atoms with Crippen molar-refractivity contribution in [2.45, 2.75) is 10.1 Å². The van der Waals surface area contributed by atoms with Crippen LogP contribution < -0.4 is 5.32 Å². The van der Waals surface area contributed by atoms with Gasteiger partial charge in [0, 0.05) is 11.1 Å². The Hall–Kier alpha value is -4.00. The van der Waals surface area contributed by atoms with Crippen molar-refractivity contribution in [3.05, 3.63) is 98.4 Å². The number of hydrogen-bond donors (Lipinski definition) is 1. The first kappa shape index (κ1) is 23.7. The van der Waals surface area contributed by atoms with Crippen molar-refractivity contribution in [3.8, 4) is 5.69 Å². The highest BCUT2D eigenvalue weighted by Crippen LogP contribution is 2.36. The van der Waals surface area contributed by atoms with Gasteiger partial charge in [0.15, 0.2) is 5.17 Å². The second-order valence-corrected chi connectivity index (χ2v) is 9.73. The third-order valence-electron chi connectivity index (χ3n) is 4.83. The first-order valence-electron chi connectivity index (χ1n) is 10.3. The maximum Gasteiger partial charge on any atom is 0.283 e.